The summed E-state index contributed by atoms with van der Waals surface area (Å²) in [6.07, 6.45) is -0.166. The summed E-state index contributed by atoms with van der Waals surface area (Å²) in [5.74, 6) is -1.74. The van der Waals surface area contributed by atoms with Crippen LogP contribution in [0.5, 0.6) is 0 Å². The second-order valence-corrected chi connectivity index (χ2v) is 13.9. The molecule has 1 aliphatic carbocycles. The summed E-state index contributed by atoms with van der Waals surface area (Å²) in [6, 6.07) is 20.1. The van der Waals surface area contributed by atoms with Crippen molar-refractivity contribution < 1.29 is 29.0 Å². The van der Waals surface area contributed by atoms with Crippen LogP contribution in [0.2, 0.25) is 0 Å². The van der Waals surface area contributed by atoms with E-state index in [1.165, 1.54) is 0 Å². The number of fused-ring (bicyclic) bond motifs is 2. The van der Waals surface area contributed by atoms with Gasteiger partial charge in [0.25, 0.3) is 0 Å². The second-order valence-electron chi connectivity index (χ2n) is 13.9. The van der Waals surface area contributed by atoms with Crippen molar-refractivity contribution >= 4 is 34.3 Å². The van der Waals surface area contributed by atoms with Gasteiger partial charge in [0.1, 0.15) is 6.04 Å². The van der Waals surface area contributed by atoms with Gasteiger partial charge in [-0.2, -0.15) is 0 Å². The van der Waals surface area contributed by atoms with Crippen LogP contribution in [0.1, 0.15) is 58.1 Å². The Balaban J connectivity index is 1.35. The lowest BCUT2D eigenvalue weighted by atomic mass is 9.83. The minimum absolute atomic E-state index is 0.0523. The van der Waals surface area contributed by atoms with E-state index in [2.05, 4.69) is 26.6 Å². The molecule has 1 heterocycles. The number of carbonyl (C=O) groups excluding carboxylic acids is 4. The first kappa shape index (κ1) is 36.7. The minimum Gasteiger partial charge on any atom is -0.380 e. The van der Waals surface area contributed by atoms with Gasteiger partial charge in [0.05, 0.1) is 30.3 Å². The Morgan fingerprint density at radius 2 is 1.62 bits per heavy atom. The molecule has 3 amide bonds. The maximum atomic E-state index is 14.1. The number of carbonyl (C=O) groups is 4. The average Bonchev–Trinajstić information content (AvgIpc) is 3.46. The van der Waals surface area contributed by atoms with Crippen molar-refractivity contribution in [2.75, 3.05) is 6.54 Å². The molecule has 0 bridgehead atoms. The molecule has 50 heavy (non-hydrogen) atoms. The summed E-state index contributed by atoms with van der Waals surface area (Å²) < 4.78 is 5.66. The van der Waals surface area contributed by atoms with Crippen molar-refractivity contribution in [1.29, 1.82) is 0 Å². The normalized spacial score (nSPS) is 19.3. The van der Waals surface area contributed by atoms with Crippen LogP contribution in [-0.2, 0) is 36.9 Å². The third-order valence-electron chi connectivity index (χ3n) is 9.18. The van der Waals surface area contributed by atoms with Crippen LogP contribution in [0.4, 0.5) is 0 Å². The fourth-order valence-electron chi connectivity index (χ4n) is 6.55. The molecule has 3 aromatic rings. The van der Waals surface area contributed by atoms with E-state index in [1.807, 2.05) is 100 Å². The van der Waals surface area contributed by atoms with Crippen LogP contribution >= 0.6 is 0 Å². The molecule has 5 atom stereocenters. The Morgan fingerprint density at radius 3 is 2.36 bits per heavy atom. The van der Waals surface area contributed by atoms with Crippen LogP contribution < -0.4 is 26.6 Å². The zero-order valence-electron chi connectivity index (χ0n) is 29.2. The number of hydrogen-bond donors (Lipinski definition) is 6. The van der Waals surface area contributed by atoms with Gasteiger partial charge in [0.15, 0.2) is 0 Å². The van der Waals surface area contributed by atoms with Gasteiger partial charge < -0.3 is 31.1 Å². The summed E-state index contributed by atoms with van der Waals surface area (Å²) in [7, 11) is 0. The average molecular weight is 684 g/mol. The van der Waals surface area contributed by atoms with Crippen molar-refractivity contribution in [1.82, 2.24) is 26.6 Å². The van der Waals surface area contributed by atoms with E-state index in [4.69, 9.17) is 4.74 Å². The highest BCUT2D eigenvalue weighted by atomic mass is 16.6. The fourth-order valence-corrected chi connectivity index (χ4v) is 6.55. The Hall–Kier alpha value is -4.58. The molecule has 0 spiro atoms. The highest BCUT2D eigenvalue weighted by molar-refractivity contribution is 6.06. The molecule has 0 saturated carbocycles. The molecule has 2 aliphatic rings. The van der Waals surface area contributed by atoms with Gasteiger partial charge in [-0.3, -0.25) is 24.5 Å². The number of rotatable bonds is 16. The van der Waals surface area contributed by atoms with Gasteiger partial charge in [-0.1, -0.05) is 86.6 Å². The highest BCUT2D eigenvalue weighted by Gasteiger charge is 2.43. The third kappa shape index (κ3) is 9.35. The monoisotopic (exact) mass is 683 g/mol. The zero-order valence-corrected chi connectivity index (χ0v) is 29.2. The van der Waals surface area contributed by atoms with Crippen molar-refractivity contribution in [3.8, 4) is 0 Å². The number of aliphatic hydroxyl groups excluding tert-OH is 1. The molecule has 266 valence electrons. The number of ketones is 1. The van der Waals surface area contributed by atoms with Gasteiger partial charge >= 0.3 is 0 Å². The van der Waals surface area contributed by atoms with Gasteiger partial charge in [0, 0.05) is 12.6 Å². The molecule has 6 N–H and O–H groups in total. The summed E-state index contributed by atoms with van der Waals surface area (Å²) in [5.41, 5.74) is 2.82. The minimum atomic E-state index is -1.48. The van der Waals surface area contributed by atoms with Crippen molar-refractivity contribution in [3.63, 3.8) is 0 Å². The number of benzene rings is 3. The molecular formula is C39H49N5O6. The Kier molecular flexibility index (Phi) is 12.4. The van der Waals surface area contributed by atoms with Crippen molar-refractivity contribution in [2.45, 2.75) is 90.6 Å². The first-order valence-corrected chi connectivity index (χ1v) is 17.5. The van der Waals surface area contributed by atoms with E-state index in [0.717, 1.165) is 27.5 Å². The fraction of sp³-hybridized carbons (Fsp3) is 0.436. The van der Waals surface area contributed by atoms with Gasteiger partial charge in [0.2, 0.25) is 29.9 Å². The van der Waals surface area contributed by atoms with Gasteiger partial charge in [-0.25, -0.2) is 0 Å². The molecule has 0 radical (unpaired) electrons. The smallest absolute Gasteiger partial charge is 0.243 e. The Labute approximate surface area is 293 Å². The summed E-state index contributed by atoms with van der Waals surface area (Å²) >= 11 is 0. The molecule has 11 nitrogen and oxygen atoms in total. The predicted octanol–water partition coefficient (Wildman–Crippen LogP) is 3.21. The van der Waals surface area contributed by atoms with E-state index in [1.54, 1.807) is 0 Å². The number of aliphatic hydroxyl groups is 1. The summed E-state index contributed by atoms with van der Waals surface area (Å²) in [6.45, 7) is 8.29. The quantitative estimate of drug-likeness (QED) is 0.126. The topological polar surface area (TPSA) is 158 Å². The SMILES string of the molecule is CC(C)CCC(NC(=O)[C@H](Cc1cccc2ccccc12)NC(O)OCc1ccccc1)C(=O)NC1C[C@H]2C(=O)NCC2=C(NC(C)C)C1=O. The van der Waals surface area contributed by atoms with E-state index < -0.39 is 42.3 Å². The van der Waals surface area contributed by atoms with Gasteiger partial charge in [-0.05, 0) is 72.9 Å². The first-order chi connectivity index (χ1) is 24.0. The standard InChI is InChI=1S/C39H49N5O6/c1-23(2)17-18-31(37(47)43-32-20-29-30(21-40-36(29)46)34(35(32)45)41-24(3)4)42-38(48)33(44-39(49)50-22-25-11-6-5-7-12-25)19-27-15-10-14-26-13-8-9-16-28(26)27/h5-16,23-24,29,31-33,39,41,44,49H,17-22H2,1-4H3,(H,40,46)(H,42,48)(H,43,47)/t29-,31?,32?,33+,39?/m1/s1. The maximum Gasteiger partial charge on any atom is 0.243 e. The van der Waals surface area contributed by atoms with E-state index in [0.29, 0.717) is 25.1 Å². The van der Waals surface area contributed by atoms with Crippen LogP contribution in [0.15, 0.2) is 84.1 Å². The van der Waals surface area contributed by atoms with Crippen LogP contribution in [0.3, 0.4) is 0 Å². The van der Waals surface area contributed by atoms with Crippen molar-refractivity contribution in [3.05, 3.63) is 95.2 Å². The summed E-state index contributed by atoms with van der Waals surface area (Å²) in [4.78, 5) is 54.4. The largest absolute Gasteiger partial charge is 0.380 e. The molecule has 11 heteroatoms. The van der Waals surface area contributed by atoms with Crippen LogP contribution in [0.25, 0.3) is 10.8 Å². The number of nitrogens with one attached hydrogen (secondary N) is 5. The van der Waals surface area contributed by atoms with E-state index in [9.17, 15) is 24.3 Å². The van der Waals surface area contributed by atoms with Gasteiger partial charge in [-0.15, -0.1) is 0 Å². The molecule has 3 aromatic carbocycles. The number of hydrogen-bond acceptors (Lipinski definition) is 8. The number of ether oxygens (including phenoxy) is 1. The lowest BCUT2D eigenvalue weighted by Gasteiger charge is -2.31. The molecule has 1 fully saturated rings. The maximum absolute atomic E-state index is 14.1. The Morgan fingerprint density at radius 1 is 0.900 bits per heavy atom. The van der Waals surface area contributed by atoms with Crippen LogP contribution in [0, 0.1) is 11.8 Å². The molecule has 1 saturated heterocycles. The molecule has 5 rings (SSSR count). The lowest BCUT2D eigenvalue weighted by Crippen LogP contribution is -2.58. The molecule has 1 aliphatic heterocycles. The molecule has 3 unspecified atom stereocenters. The highest BCUT2D eigenvalue weighted by Crippen LogP contribution is 2.31. The summed E-state index contributed by atoms with van der Waals surface area (Å²) in [5, 5.41) is 27.6. The zero-order chi connectivity index (χ0) is 35.8. The van der Waals surface area contributed by atoms with Crippen LogP contribution in [-0.4, -0.2) is 65.7 Å². The molecule has 0 aromatic heterocycles. The third-order valence-corrected chi connectivity index (χ3v) is 9.18. The predicted molar refractivity (Wildman–Crippen MR) is 191 cm³/mol. The lowest BCUT2D eigenvalue weighted by molar-refractivity contribution is -0.146. The second kappa shape index (κ2) is 16.9. The Bertz CT molecular complexity index is 1700. The van der Waals surface area contributed by atoms with E-state index >= 15 is 0 Å². The van der Waals surface area contributed by atoms with Crippen molar-refractivity contribution in [2.24, 2.45) is 11.8 Å². The molecular weight excluding hydrogens is 634 g/mol. The van der Waals surface area contributed by atoms with E-state index in [-0.39, 0.29) is 43.1 Å². The number of amides is 3. The first-order valence-electron chi connectivity index (χ1n) is 17.5. The number of Topliss-reactive ketones (excluding diaryl/α,β-unsaturated/α-hetero) is 1.